The smallest absolute Gasteiger partial charge is 0.273 e. The monoisotopic (exact) mass is 272 g/mol. The van der Waals surface area contributed by atoms with E-state index in [1.165, 1.54) is 12.5 Å². The fraction of sp³-hybridized carbons (Fsp3) is 0.154. The summed E-state index contributed by atoms with van der Waals surface area (Å²) in [7, 11) is 0. The molecule has 0 fully saturated rings. The number of amides is 1. The number of nitrogens with one attached hydrogen (secondary N) is 1. The number of nitrogens with zero attached hydrogens (tertiary/aromatic N) is 3. The SMILES string of the molecule is O=C(NCCn1cccn1)c1cc(-c2ccoc2)on1. The summed E-state index contributed by atoms with van der Waals surface area (Å²) in [5.41, 5.74) is 0.981. The molecule has 102 valence electrons. The molecule has 0 radical (unpaired) electrons. The number of aromatic nitrogens is 3. The van der Waals surface area contributed by atoms with Gasteiger partial charge in [0.05, 0.1) is 18.4 Å². The number of carbonyl (C=O) groups excluding carboxylic acids is 1. The van der Waals surface area contributed by atoms with Crippen LogP contribution in [0.3, 0.4) is 0 Å². The van der Waals surface area contributed by atoms with Crippen molar-refractivity contribution in [2.75, 3.05) is 6.54 Å². The lowest BCUT2D eigenvalue weighted by Gasteiger charge is -2.02. The van der Waals surface area contributed by atoms with Crippen molar-refractivity contribution in [3.63, 3.8) is 0 Å². The summed E-state index contributed by atoms with van der Waals surface area (Å²) in [5.74, 6) is 0.214. The third kappa shape index (κ3) is 2.61. The predicted octanol–water partition coefficient (Wildman–Crippen LogP) is 1.56. The minimum absolute atomic E-state index is 0.238. The summed E-state index contributed by atoms with van der Waals surface area (Å²) in [6.45, 7) is 1.07. The molecule has 0 aromatic carbocycles. The average molecular weight is 272 g/mol. The first kappa shape index (κ1) is 12.2. The lowest BCUT2D eigenvalue weighted by Crippen LogP contribution is -2.27. The van der Waals surface area contributed by atoms with Gasteiger partial charge in [-0.2, -0.15) is 5.10 Å². The molecule has 0 saturated heterocycles. The van der Waals surface area contributed by atoms with Gasteiger partial charge in [-0.15, -0.1) is 0 Å². The normalized spacial score (nSPS) is 10.6. The van der Waals surface area contributed by atoms with Crippen molar-refractivity contribution >= 4 is 5.91 Å². The molecular formula is C13H12N4O3. The molecule has 7 nitrogen and oxygen atoms in total. The highest BCUT2D eigenvalue weighted by Crippen LogP contribution is 2.20. The molecule has 0 aliphatic carbocycles. The van der Waals surface area contributed by atoms with Crippen LogP contribution < -0.4 is 5.32 Å². The van der Waals surface area contributed by atoms with Crippen molar-refractivity contribution in [3.8, 4) is 11.3 Å². The van der Waals surface area contributed by atoms with Gasteiger partial charge in [0.1, 0.15) is 6.26 Å². The molecule has 20 heavy (non-hydrogen) atoms. The van der Waals surface area contributed by atoms with E-state index in [0.29, 0.717) is 18.8 Å². The zero-order valence-electron chi connectivity index (χ0n) is 10.5. The van der Waals surface area contributed by atoms with Crippen LogP contribution in [0.1, 0.15) is 10.5 Å². The second-order valence-electron chi connectivity index (χ2n) is 4.11. The van der Waals surface area contributed by atoms with E-state index in [9.17, 15) is 4.79 Å². The Morgan fingerprint density at radius 2 is 2.40 bits per heavy atom. The van der Waals surface area contributed by atoms with Gasteiger partial charge in [0, 0.05) is 25.0 Å². The summed E-state index contributed by atoms with van der Waals surface area (Å²) >= 11 is 0. The molecule has 3 heterocycles. The minimum Gasteiger partial charge on any atom is -0.472 e. The van der Waals surface area contributed by atoms with E-state index < -0.39 is 0 Å². The van der Waals surface area contributed by atoms with Crippen LogP contribution in [0.2, 0.25) is 0 Å². The lowest BCUT2D eigenvalue weighted by atomic mass is 10.2. The summed E-state index contributed by atoms with van der Waals surface area (Å²) in [6.07, 6.45) is 6.58. The van der Waals surface area contributed by atoms with Gasteiger partial charge < -0.3 is 14.3 Å². The van der Waals surface area contributed by atoms with Crippen LogP contribution in [0.25, 0.3) is 11.3 Å². The highest BCUT2D eigenvalue weighted by atomic mass is 16.5. The van der Waals surface area contributed by atoms with Crippen LogP contribution in [0, 0.1) is 0 Å². The molecular weight excluding hydrogens is 260 g/mol. The summed E-state index contributed by atoms with van der Waals surface area (Å²) in [6, 6.07) is 5.14. The summed E-state index contributed by atoms with van der Waals surface area (Å²) in [4.78, 5) is 11.9. The Hall–Kier alpha value is -2.83. The Bertz CT molecular complexity index is 670. The van der Waals surface area contributed by atoms with E-state index in [4.69, 9.17) is 8.94 Å². The largest absolute Gasteiger partial charge is 0.472 e. The van der Waals surface area contributed by atoms with Gasteiger partial charge >= 0.3 is 0 Å². The van der Waals surface area contributed by atoms with Crippen LogP contribution >= 0.6 is 0 Å². The standard InChI is InChI=1S/C13H12N4O3/c18-13(14-4-6-17-5-1-3-15-17)11-8-12(20-16-11)10-2-7-19-9-10/h1-3,5,7-9H,4,6H2,(H,14,18). The molecule has 0 bridgehead atoms. The van der Waals surface area contributed by atoms with Crippen molar-refractivity contribution in [3.05, 3.63) is 48.8 Å². The van der Waals surface area contributed by atoms with Crippen LogP contribution in [0.5, 0.6) is 0 Å². The third-order valence-corrected chi connectivity index (χ3v) is 2.73. The third-order valence-electron chi connectivity index (χ3n) is 2.73. The number of furan rings is 1. The molecule has 0 spiro atoms. The van der Waals surface area contributed by atoms with E-state index in [2.05, 4.69) is 15.6 Å². The van der Waals surface area contributed by atoms with Gasteiger partial charge in [-0.05, 0) is 12.1 Å². The van der Waals surface area contributed by atoms with Gasteiger partial charge in [0.15, 0.2) is 11.5 Å². The second-order valence-corrected chi connectivity index (χ2v) is 4.11. The number of carbonyl (C=O) groups is 1. The van der Waals surface area contributed by atoms with Crippen LogP contribution in [0.15, 0.2) is 52.1 Å². The Morgan fingerprint density at radius 3 is 3.15 bits per heavy atom. The first-order chi connectivity index (χ1) is 9.83. The second kappa shape index (κ2) is 5.43. The predicted molar refractivity (Wildman–Crippen MR) is 68.8 cm³/mol. The van der Waals surface area contributed by atoms with Crippen LogP contribution in [-0.4, -0.2) is 27.4 Å². The van der Waals surface area contributed by atoms with Gasteiger partial charge in [-0.1, -0.05) is 5.16 Å². The van der Waals surface area contributed by atoms with Crippen molar-refractivity contribution in [1.82, 2.24) is 20.3 Å². The van der Waals surface area contributed by atoms with Crippen LogP contribution in [0.4, 0.5) is 0 Å². The van der Waals surface area contributed by atoms with Gasteiger partial charge in [0.25, 0.3) is 5.91 Å². The highest BCUT2D eigenvalue weighted by Gasteiger charge is 2.13. The Kier molecular flexibility index (Phi) is 3.32. The molecule has 0 atom stereocenters. The molecule has 0 saturated carbocycles. The maximum absolute atomic E-state index is 11.9. The topological polar surface area (TPSA) is 86.1 Å². The lowest BCUT2D eigenvalue weighted by molar-refractivity contribution is 0.0943. The first-order valence-electron chi connectivity index (χ1n) is 6.08. The molecule has 1 N–H and O–H groups in total. The molecule has 1 amide bonds. The van der Waals surface area contributed by atoms with Crippen LogP contribution in [-0.2, 0) is 6.54 Å². The zero-order chi connectivity index (χ0) is 13.8. The van der Waals surface area contributed by atoms with E-state index in [0.717, 1.165) is 5.56 Å². The Labute approximate surface area is 114 Å². The molecule has 3 aromatic rings. The maximum atomic E-state index is 11.9. The number of hydrogen-bond donors (Lipinski definition) is 1. The summed E-state index contributed by atoms with van der Waals surface area (Å²) < 4.78 is 11.8. The van der Waals surface area contributed by atoms with E-state index >= 15 is 0 Å². The first-order valence-corrected chi connectivity index (χ1v) is 6.08. The van der Waals surface area contributed by atoms with Crippen molar-refractivity contribution in [2.45, 2.75) is 6.54 Å². The molecule has 7 heteroatoms. The zero-order valence-corrected chi connectivity index (χ0v) is 10.5. The fourth-order valence-electron chi connectivity index (χ4n) is 1.73. The van der Waals surface area contributed by atoms with Crippen molar-refractivity contribution < 1.29 is 13.7 Å². The van der Waals surface area contributed by atoms with Crippen molar-refractivity contribution in [1.29, 1.82) is 0 Å². The molecule has 0 aliphatic rings. The molecule has 0 aliphatic heterocycles. The highest BCUT2D eigenvalue weighted by molar-refractivity contribution is 5.92. The summed E-state index contributed by atoms with van der Waals surface area (Å²) in [5, 5.41) is 10.5. The van der Waals surface area contributed by atoms with E-state index in [1.54, 1.807) is 23.0 Å². The minimum atomic E-state index is -0.282. The maximum Gasteiger partial charge on any atom is 0.273 e. The van der Waals surface area contributed by atoms with Gasteiger partial charge in [-0.25, -0.2) is 0 Å². The molecule has 0 unspecified atom stereocenters. The van der Waals surface area contributed by atoms with Gasteiger partial charge in [-0.3, -0.25) is 9.48 Å². The van der Waals surface area contributed by atoms with E-state index in [1.807, 2.05) is 12.3 Å². The molecule has 3 rings (SSSR count). The van der Waals surface area contributed by atoms with Gasteiger partial charge in [0.2, 0.25) is 0 Å². The Morgan fingerprint density at radius 1 is 1.45 bits per heavy atom. The number of hydrogen-bond acceptors (Lipinski definition) is 5. The Balaban J connectivity index is 1.57. The molecule has 3 aromatic heterocycles. The van der Waals surface area contributed by atoms with E-state index in [-0.39, 0.29) is 11.6 Å². The fourth-order valence-corrected chi connectivity index (χ4v) is 1.73. The van der Waals surface area contributed by atoms with Crippen molar-refractivity contribution in [2.24, 2.45) is 0 Å². The average Bonchev–Trinajstić information content (AvgIpc) is 3.20. The number of rotatable bonds is 5. The quantitative estimate of drug-likeness (QED) is 0.761.